The zero-order chi connectivity index (χ0) is 16.9. The molecule has 23 heavy (non-hydrogen) atoms. The molecule has 1 amide bonds. The molecule has 1 aromatic rings. The van der Waals surface area contributed by atoms with E-state index in [2.05, 4.69) is 15.4 Å². The number of nitrogens with one attached hydrogen (secondary N) is 2. The summed E-state index contributed by atoms with van der Waals surface area (Å²) in [6, 6.07) is 5.52. The maximum Gasteiger partial charge on any atom is 0.308 e. The van der Waals surface area contributed by atoms with Gasteiger partial charge in [-0.3, -0.25) is 14.9 Å². The maximum absolute atomic E-state index is 13.1. The van der Waals surface area contributed by atoms with Crippen LogP contribution in [0.1, 0.15) is 12.8 Å². The minimum atomic E-state index is -2.85. The number of hydrogen-bond donors (Lipinski definition) is 2. The van der Waals surface area contributed by atoms with Crippen molar-refractivity contribution in [3.05, 3.63) is 24.3 Å². The van der Waals surface area contributed by atoms with Crippen LogP contribution in [0.4, 0.5) is 14.5 Å². The van der Waals surface area contributed by atoms with Gasteiger partial charge in [0.25, 0.3) is 5.92 Å². The van der Waals surface area contributed by atoms with Crippen LogP contribution in [0.25, 0.3) is 0 Å². The van der Waals surface area contributed by atoms with Gasteiger partial charge in [-0.1, -0.05) is 0 Å². The minimum absolute atomic E-state index is 0.135. The second-order valence-electron chi connectivity index (χ2n) is 5.18. The van der Waals surface area contributed by atoms with Crippen molar-refractivity contribution in [3.63, 3.8) is 0 Å². The first kappa shape index (κ1) is 17.1. The van der Waals surface area contributed by atoms with E-state index in [1.54, 1.807) is 24.3 Å². The van der Waals surface area contributed by atoms with Crippen LogP contribution >= 0.6 is 0 Å². The van der Waals surface area contributed by atoms with Gasteiger partial charge in [-0.05, 0) is 24.3 Å². The highest BCUT2D eigenvalue weighted by molar-refractivity contribution is 5.95. The van der Waals surface area contributed by atoms with Crippen LogP contribution in [0.2, 0.25) is 0 Å². The second-order valence-corrected chi connectivity index (χ2v) is 5.18. The molecule has 126 valence electrons. The van der Waals surface area contributed by atoms with E-state index >= 15 is 0 Å². The van der Waals surface area contributed by atoms with Gasteiger partial charge in [-0.25, -0.2) is 8.78 Å². The van der Waals surface area contributed by atoms with Crippen LogP contribution in [0, 0.1) is 0 Å². The first-order chi connectivity index (χ1) is 10.9. The fourth-order valence-electron chi connectivity index (χ4n) is 2.12. The Morgan fingerprint density at radius 3 is 2.61 bits per heavy atom. The molecule has 1 atom stereocenters. The Morgan fingerprint density at radius 2 is 2.04 bits per heavy atom. The molecule has 2 rings (SSSR count). The van der Waals surface area contributed by atoms with Gasteiger partial charge in [0.2, 0.25) is 5.91 Å². The zero-order valence-electron chi connectivity index (χ0n) is 12.6. The van der Waals surface area contributed by atoms with Gasteiger partial charge in [-0.2, -0.15) is 0 Å². The Hall–Kier alpha value is -2.22. The molecule has 1 heterocycles. The molecule has 6 nitrogen and oxygen atoms in total. The van der Waals surface area contributed by atoms with Crippen molar-refractivity contribution in [1.82, 2.24) is 5.32 Å². The molecule has 1 aliphatic rings. The summed E-state index contributed by atoms with van der Waals surface area (Å²) >= 11 is 0. The molecule has 2 N–H and O–H groups in total. The lowest BCUT2D eigenvalue weighted by Crippen LogP contribution is -2.35. The molecular formula is C15H18F2N2O4. The Bertz CT molecular complexity index is 563. The highest BCUT2D eigenvalue weighted by Gasteiger charge is 2.42. The van der Waals surface area contributed by atoms with Crippen LogP contribution in [0.5, 0.6) is 5.75 Å². The summed E-state index contributed by atoms with van der Waals surface area (Å²) in [4.78, 5) is 22.8. The van der Waals surface area contributed by atoms with Gasteiger partial charge < -0.3 is 14.8 Å². The molecular weight excluding hydrogens is 310 g/mol. The molecule has 1 unspecified atom stereocenters. The van der Waals surface area contributed by atoms with Crippen LogP contribution in [-0.2, 0) is 14.3 Å². The van der Waals surface area contributed by atoms with Crippen LogP contribution in [0.15, 0.2) is 24.3 Å². The predicted molar refractivity (Wildman–Crippen MR) is 78.6 cm³/mol. The topological polar surface area (TPSA) is 76.7 Å². The smallest absolute Gasteiger partial charge is 0.308 e. The van der Waals surface area contributed by atoms with E-state index in [1.807, 2.05) is 0 Å². The Morgan fingerprint density at radius 1 is 1.35 bits per heavy atom. The number of halogens is 2. The van der Waals surface area contributed by atoms with E-state index < -0.39 is 30.8 Å². The summed E-state index contributed by atoms with van der Waals surface area (Å²) in [5.74, 6) is -3.19. The van der Waals surface area contributed by atoms with Gasteiger partial charge in [0, 0.05) is 12.1 Å². The molecule has 8 heteroatoms. The zero-order valence-corrected chi connectivity index (χ0v) is 12.6. The van der Waals surface area contributed by atoms with E-state index in [0.717, 1.165) is 0 Å². The first-order valence-corrected chi connectivity index (χ1v) is 7.11. The van der Waals surface area contributed by atoms with Gasteiger partial charge in [-0.15, -0.1) is 0 Å². The molecule has 1 aliphatic heterocycles. The number of esters is 1. The van der Waals surface area contributed by atoms with Gasteiger partial charge in [0.1, 0.15) is 5.75 Å². The average molecular weight is 328 g/mol. The highest BCUT2D eigenvalue weighted by atomic mass is 19.3. The average Bonchev–Trinajstić information content (AvgIpc) is 2.89. The largest absolute Gasteiger partial charge is 0.493 e. The molecule has 1 fully saturated rings. The third-order valence-corrected chi connectivity index (χ3v) is 3.35. The van der Waals surface area contributed by atoms with E-state index in [0.29, 0.717) is 11.4 Å². The van der Waals surface area contributed by atoms with Crippen molar-refractivity contribution in [2.24, 2.45) is 0 Å². The van der Waals surface area contributed by atoms with Crippen molar-refractivity contribution >= 4 is 17.6 Å². The summed E-state index contributed by atoms with van der Waals surface area (Å²) in [5, 5.41) is 5.06. The monoisotopic (exact) mass is 328 g/mol. The Kier molecular flexibility index (Phi) is 5.49. The number of amides is 1. The lowest BCUT2D eigenvalue weighted by molar-refractivity contribution is -0.141. The Labute approximate surface area is 132 Å². The predicted octanol–water partition coefficient (Wildman–Crippen LogP) is 1.56. The quantitative estimate of drug-likeness (QED) is 0.775. The fraction of sp³-hybridized carbons (Fsp3) is 0.467. The number of alkyl halides is 2. The number of rotatable bonds is 6. The lowest BCUT2D eigenvalue weighted by atomic mass is 10.2. The number of benzene rings is 1. The standard InChI is InChI=1S/C15H18F2N2O4/c1-22-13(20)6-7-23-11-4-2-10(3-5-11)19-14(21)12-8-15(16,17)9-18-12/h2-5,12,18H,6-9H2,1H3,(H,19,21). The summed E-state index contributed by atoms with van der Waals surface area (Å²) in [7, 11) is 1.30. The van der Waals surface area contributed by atoms with Crippen molar-refractivity contribution in [2.45, 2.75) is 24.8 Å². The van der Waals surface area contributed by atoms with Crippen molar-refractivity contribution in [2.75, 3.05) is 25.6 Å². The second kappa shape index (κ2) is 7.36. The van der Waals surface area contributed by atoms with Crippen molar-refractivity contribution in [1.29, 1.82) is 0 Å². The fourth-order valence-corrected chi connectivity index (χ4v) is 2.12. The molecule has 0 radical (unpaired) electrons. The van der Waals surface area contributed by atoms with Gasteiger partial charge in [0.05, 0.1) is 32.7 Å². The van der Waals surface area contributed by atoms with Crippen LogP contribution < -0.4 is 15.4 Å². The maximum atomic E-state index is 13.1. The third kappa shape index (κ3) is 5.17. The summed E-state index contributed by atoms with van der Waals surface area (Å²) < 4.78 is 35.9. The first-order valence-electron chi connectivity index (χ1n) is 7.11. The van der Waals surface area contributed by atoms with E-state index in [9.17, 15) is 18.4 Å². The van der Waals surface area contributed by atoms with E-state index in [1.165, 1.54) is 7.11 Å². The normalized spacial score (nSPS) is 19.2. The minimum Gasteiger partial charge on any atom is -0.493 e. The number of methoxy groups -OCH3 is 1. The van der Waals surface area contributed by atoms with E-state index in [4.69, 9.17) is 4.74 Å². The number of anilines is 1. The SMILES string of the molecule is COC(=O)CCOc1ccc(NC(=O)C2CC(F)(F)CN2)cc1. The summed E-state index contributed by atoms with van der Waals surface area (Å²) in [6.45, 7) is -0.308. The highest BCUT2D eigenvalue weighted by Crippen LogP contribution is 2.26. The van der Waals surface area contributed by atoms with E-state index in [-0.39, 0.29) is 19.0 Å². The lowest BCUT2D eigenvalue weighted by Gasteiger charge is -2.12. The number of carbonyl (C=O) groups is 2. The number of carbonyl (C=O) groups excluding carboxylic acids is 2. The van der Waals surface area contributed by atoms with Crippen molar-refractivity contribution < 1.29 is 27.8 Å². The molecule has 0 aromatic heterocycles. The van der Waals surface area contributed by atoms with Crippen LogP contribution in [-0.4, -0.2) is 44.1 Å². The summed E-state index contributed by atoms with van der Waals surface area (Å²) in [5.41, 5.74) is 0.479. The van der Waals surface area contributed by atoms with Gasteiger partial charge >= 0.3 is 5.97 Å². The molecule has 0 saturated carbocycles. The van der Waals surface area contributed by atoms with Crippen molar-refractivity contribution in [3.8, 4) is 5.75 Å². The molecule has 0 aliphatic carbocycles. The third-order valence-electron chi connectivity index (χ3n) is 3.35. The Balaban J connectivity index is 1.80. The van der Waals surface area contributed by atoms with Crippen LogP contribution in [0.3, 0.4) is 0 Å². The number of ether oxygens (including phenoxy) is 2. The molecule has 0 spiro atoms. The molecule has 0 bridgehead atoms. The number of hydrogen-bond acceptors (Lipinski definition) is 5. The molecule has 1 aromatic carbocycles. The summed E-state index contributed by atoms with van der Waals surface area (Å²) in [6.07, 6.45) is -0.371. The van der Waals surface area contributed by atoms with Gasteiger partial charge in [0.15, 0.2) is 0 Å². The molecule has 1 saturated heterocycles.